The monoisotopic (exact) mass is 332 g/mol. The number of rotatable bonds is 3. The van der Waals surface area contributed by atoms with Gasteiger partial charge in [0.25, 0.3) is 0 Å². The molecule has 0 spiro atoms. The van der Waals surface area contributed by atoms with Gasteiger partial charge in [-0.3, -0.25) is 9.59 Å². The summed E-state index contributed by atoms with van der Waals surface area (Å²) in [6.07, 6.45) is 1.83. The van der Waals surface area contributed by atoms with Crippen LogP contribution in [0.5, 0.6) is 5.75 Å². The molecule has 7 heteroatoms. The molecule has 0 saturated heterocycles. The third kappa shape index (κ3) is 2.47. The summed E-state index contributed by atoms with van der Waals surface area (Å²) in [5.41, 5.74) is 0.106. The molecule has 0 aliphatic heterocycles. The van der Waals surface area contributed by atoms with E-state index in [0.29, 0.717) is 12.0 Å². The van der Waals surface area contributed by atoms with Crippen LogP contribution in [0.25, 0.3) is 17.0 Å². The lowest BCUT2D eigenvalue weighted by molar-refractivity contribution is -0.144. The maximum Gasteiger partial charge on any atom is 0.316 e. The average Bonchev–Trinajstić information content (AvgIpc) is 2.54. The molecule has 0 saturated carbocycles. The number of benzene rings is 1. The van der Waals surface area contributed by atoms with Crippen LogP contribution in [-0.2, 0) is 16.0 Å². The van der Waals surface area contributed by atoms with Crippen molar-refractivity contribution >= 4 is 23.0 Å². The number of methoxy groups -OCH3 is 1. The van der Waals surface area contributed by atoms with E-state index >= 15 is 0 Å². The summed E-state index contributed by atoms with van der Waals surface area (Å²) in [7, 11) is 1.16. The van der Waals surface area contributed by atoms with Crippen LogP contribution in [0.2, 0.25) is 0 Å². The van der Waals surface area contributed by atoms with Crippen LogP contribution in [0.4, 0.5) is 0 Å². The van der Waals surface area contributed by atoms with E-state index in [1.54, 1.807) is 6.07 Å². The summed E-state index contributed by atoms with van der Waals surface area (Å²) in [5.74, 6) is -2.16. The van der Waals surface area contributed by atoms with E-state index in [1.807, 2.05) is 0 Å². The molecule has 1 aromatic heterocycles. The van der Waals surface area contributed by atoms with E-state index in [2.05, 4.69) is 4.74 Å². The van der Waals surface area contributed by atoms with Gasteiger partial charge in [0, 0.05) is 6.61 Å². The number of carbonyl (C=O) groups is 1. The molecule has 1 aromatic carbocycles. The second-order valence-electron chi connectivity index (χ2n) is 5.52. The van der Waals surface area contributed by atoms with Crippen molar-refractivity contribution in [2.24, 2.45) is 0 Å². The molecular weight excluding hydrogens is 316 g/mol. The number of hydrogen-bond acceptors (Lipinski definition) is 7. The highest BCUT2D eigenvalue weighted by molar-refractivity contribution is 5.89. The highest BCUT2D eigenvalue weighted by Crippen LogP contribution is 2.33. The van der Waals surface area contributed by atoms with Crippen molar-refractivity contribution in [3.05, 3.63) is 45.3 Å². The Bertz CT molecular complexity index is 894. The Morgan fingerprint density at radius 2 is 2.12 bits per heavy atom. The van der Waals surface area contributed by atoms with Crippen LogP contribution in [-0.4, -0.2) is 41.1 Å². The number of aromatic hydroxyl groups is 1. The Morgan fingerprint density at radius 1 is 1.38 bits per heavy atom. The summed E-state index contributed by atoms with van der Waals surface area (Å²) in [6.45, 7) is -0.114. The predicted molar refractivity (Wildman–Crippen MR) is 84.7 cm³/mol. The van der Waals surface area contributed by atoms with Gasteiger partial charge in [0.2, 0.25) is 5.43 Å². The summed E-state index contributed by atoms with van der Waals surface area (Å²) in [4.78, 5) is 24.8. The molecule has 2 atom stereocenters. The topological polar surface area (TPSA) is 117 Å². The SMILES string of the molecule is COC(=O)[C@@H]1c2c(oc3cc(CCO)cc(O)c3c2=O)C=C[C@H]1O. The van der Waals surface area contributed by atoms with E-state index in [1.165, 1.54) is 18.2 Å². The minimum atomic E-state index is -1.22. The molecule has 0 fully saturated rings. The maximum atomic E-state index is 12.8. The smallest absolute Gasteiger partial charge is 0.316 e. The zero-order chi connectivity index (χ0) is 17.4. The molecule has 3 N–H and O–H groups in total. The number of aliphatic hydroxyl groups excluding tert-OH is 2. The Balaban J connectivity index is 2.31. The first-order chi connectivity index (χ1) is 11.5. The normalized spacial score (nSPS) is 19.3. The standard InChI is InChI=1S/C17H16O7/c1-23-17(22)14-9(19)2-3-11-15(14)16(21)13-10(20)6-8(4-5-18)7-12(13)24-11/h2-3,6-7,9,14,18-20H,4-5H2,1H3/t9-,14+/m1/s1. The molecule has 0 unspecified atom stereocenters. The second kappa shape index (κ2) is 6.10. The van der Waals surface area contributed by atoms with Gasteiger partial charge in [0.05, 0.1) is 18.8 Å². The van der Waals surface area contributed by atoms with Crippen LogP contribution in [0.1, 0.15) is 22.8 Å². The number of ether oxygens (including phenoxy) is 1. The van der Waals surface area contributed by atoms with Gasteiger partial charge in [-0.25, -0.2) is 0 Å². The van der Waals surface area contributed by atoms with Crippen molar-refractivity contribution in [1.82, 2.24) is 0 Å². The van der Waals surface area contributed by atoms with Crippen LogP contribution >= 0.6 is 0 Å². The van der Waals surface area contributed by atoms with Crippen molar-refractivity contribution in [2.45, 2.75) is 18.4 Å². The van der Waals surface area contributed by atoms with Gasteiger partial charge < -0.3 is 24.5 Å². The van der Waals surface area contributed by atoms with Gasteiger partial charge in [0.1, 0.15) is 28.4 Å². The van der Waals surface area contributed by atoms with Crippen LogP contribution in [0, 0.1) is 0 Å². The number of hydrogen-bond donors (Lipinski definition) is 3. The molecule has 0 amide bonds. The minimum absolute atomic E-state index is 0.0467. The highest BCUT2D eigenvalue weighted by atomic mass is 16.5. The Morgan fingerprint density at radius 3 is 2.79 bits per heavy atom. The van der Waals surface area contributed by atoms with Gasteiger partial charge in [-0.15, -0.1) is 0 Å². The Kier molecular flexibility index (Phi) is 4.13. The van der Waals surface area contributed by atoms with E-state index < -0.39 is 23.4 Å². The van der Waals surface area contributed by atoms with Crippen molar-refractivity contribution in [3.8, 4) is 5.75 Å². The highest BCUT2D eigenvalue weighted by Gasteiger charge is 2.36. The second-order valence-corrected chi connectivity index (χ2v) is 5.52. The molecule has 1 aliphatic rings. The Hall–Kier alpha value is -2.64. The lowest BCUT2D eigenvalue weighted by Crippen LogP contribution is -2.33. The first-order valence-electron chi connectivity index (χ1n) is 7.35. The minimum Gasteiger partial charge on any atom is -0.507 e. The quantitative estimate of drug-likeness (QED) is 0.707. The Labute approximate surface area is 136 Å². The zero-order valence-corrected chi connectivity index (χ0v) is 12.9. The van der Waals surface area contributed by atoms with E-state index in [-0.39, 0.29) is 34.6 Å². The lowest BCUT2D eigenvalue weighted by Gasteiger charge is -2.23. The first kappa shape index (κ1) is 16.2. The fourth-order valence-electron chi connectivity index (χ4n) is 2.93. The molecule has 1 heterocycles. The van der Waals surface area contributed by atoms with Gasteiger partial charge >= 0.3 is 5.97 Å². The molecule has 1 aliphatic carbocycles. The molecule has 7 nitrogen and oxygen atoms in total. The average molecular weight is 332 g/mol. The van der Waals surface area contributed by atoms with Crippen LogP contribution < -0.4 is 5.43 Å². The summed E-state index contributed by atoms with van der Waals surface area (Å²) in [6, 6.07) is 2.92. The maximum absolute atomic E-state index is 12.8. The van der Waals surface area contributed by atoms with Gasteiger partial charge in [-0.2, -0.15) is 0 Å². The molecule has 126 valence electrons. The van der Waals surface area contributed by atoms with E-state index in [4.69, 9.17) is 9.52 Å². The zero-order valence-electron chi connectivity index (χ0n) is 12.9. The van der Waals surface area contributed by atoms with Crippen LogP contribution in [0.15, 0.2) is 27.4 Å². The number of phenols is 1. The van der Waals surface area contributed by atoms with Crippen molar-refractivity contribution in [3.63, 3.8) is 0 Å². The first-order valence-corrected chi connectivity index (χ1v) is 7.35. The lowest BCUT2D eigenvalue weighted by atomic mass is 9.87. The number of phenolic OH excluding ortho intramolecular Hbond substituents is 1. The molecule has 24 heavy (non-hydrogen) atoms. The fourth-order valence-corrected chi connectivity index (χ4v) is 2.93. The molecule has 2 aromatic rings. The number of carbonyl (C=O) groups excluding carboxylic acids is 1. The van der Waals surface area contributed by atoms with Crippen molar-refractivity contribution < 1.29 is 29.3 Å². The van der Waals surface area contributed by atoms with Crippen LogP contribution in [0.3, 0.4) is 0 Å². The third-order valence-electron chi connectivity index (χ3n) is 4.05. The van der Waals surface area contributed by atoms with Gasteiger partial charge in [-0.1, -0.05) is 6.08 Å². The summed E-state index contributed by atoms with van der Waals surface area (Å²) >= 11 is 0. The molecule has 0 bridgehead atoms. The van der Waals surface area contributed by atoms with Gasteiger partial charge in [0.15, 0.2) is 0 Å². The molecule has 3 rings (SSSR count). The van der Waals surface area contributed by atoms with Gasteiger partial charge in [-0.05, 0) is 30.2 Å². The molecular formula is C17H16O7. The van der Waals surface area contributed by atoms with Crippen molar-refractivity contribution in [2.75, 3.05) is 13.7 Å². The fraction of sp³-hybridized carbons (Fsp3) is 0.294. The largest absolute Gasteiger partial charge is 0.507 e. The molecule has 0 radical (unpaired) electrons. The summed E-state index contributed by atoms with van der Waals surface area (Å²) in [5, 5.41) is 29.1. The van der Waals surface area contributed by atoms with E-state index in [0.717, 1.165) is 7.11 Å². The predicted octanol–water partition coefficient (Wildman–Crippen LogP) is 0.678. The van der Waals surface area contributed by atoms with E-state index in [9.17, 15) is 19.8 Å². The number of esters is 1. The summed E-state index contributed by atoms with van der Waals surface area (Å²) < 4.78 is 10.3. The number of aliphatic hydroxyl groups is 2. The third-order valence-corrected chi connectivity index (χ3v) is 4.05. The van der Waals surface area contributed by atoms with Crippen molar-refractivity contribution in [1.29, 1.82) is 0 Å². The number of fused-ring (bicyclic) bond motifs is 2.